The Hall–Kier alpha value is -1.15. The fraction of sp³-hybridized carbons (Fsp3) is 0.500. The van der Waals surface area contributed by atoms with E-state index in [4.69, 9.17) is 4.74 Å². The van der Waals surface area contributed by atoms with Gasteiger partial charge >= 0.3 is 0 Å². The quantitative estimate of drug-likeness (QED) is 0.728. The standard InChI is InChI=1S/C14H18O2/c1-11-6-5-9-13(16-11)10-14(15)12-7-3-2-4-8-12/h2-4,7-8,11,13H,5-6,9-10H2,1H3. The van der Waals surface area contributed by atoms with Gasteiger partial charge < -0.3 is 4.74 Å². The Morgan fingerprint density at radius 2 is 2.06 bits per heavy atom. The van der Waals surface area contributed by atoms with Crippen molar-refractivity contribution in [1.82, 2.24) is 0 Å². The average molecular weight is 218 g/mol. The van der Waals surface area contributed by atoms with E-state index in [2.05, 4.69) is 6.92 Å². The number of carbonyl (C=O) groups is 1. The fourth-order valence-corrected chi connectivity index (χ4v) is 2.20. The SMILES string of the molecule is CC1CCCC(CC(=O)c2ccccc2)O1. The van der Waals surface area contributed by atoms with Gasteiger partial charge in [-0.2, -0.15) is 0 Å². The predicted octanol–water partition coefficient (Wildman–Crippen LogP) is 3.22. The molecule has 2 nitrogen and oxygen atoms in total. The zero-order valence-electron chi connectivity index (χ0n) is 9.69. The van der Waals surface area contributed by atoms with Crippen molar-refractivity contribution in [2.75, 3.05) is 0 Å². The molecule has 2 rings (SSSR count). The smallest absolute Gasteiger partial charge is 0.165 e. The minimum Gasteiger partial charge on any atom is -0.375 e. The summed E-state index contributed by atoms with van der Waals surface area (Å²) in [5, 5.41) is 0. The summed E-state index contributed by atoms with van der Waals surface area (Å²) in [4.78, 5) is 11.9. The Kier molecular flexibility index (Phi) is 3.73. The van der Waals surface area contributed by atoms with Gasteiger partial charge in [-0.25, -0.2) is 0 Å². The molecule has 1 aromatic carbocycles. The van der Waals surface area contributed by atoms with Gasteiger partial charge in [0.25, 0.3) is 0 Å². The molecule has 2 atom stereocenters. The molecule has 0 aliphatic carbocycles. The van der Waals surface area contributed by atoms with Crippen LogP contribution in [0.1, 0.15) is 43.0 Å². The number of Topliss-reactive ketones (excluding diaryl/α,β-unsaturated/α-hetero) is 1. The molecular weight excluding hydrogens is 200 g/mol. The van der Waals surface area contributed by atoms with Crippen LogP contribution < -0.4 is 0 Å². The Morgan fingerprint density at radius 1 is 1.31 bits per heavy atom. The van der Waals surface area contributed by atoms with E-state index in [-0.39, 0.29) is 11.9 Å². The lowest BCUT2D eigenvalue weighted by Gasteiger charge is -2.27. The van der Waals surface area contributed by atoms with Crippen molar-refractivity contribution in [1.29, 1.82) is 0 Å². The van der Waals surface area contributed by atoms with E-state index in [9.17, 15) is 4.79 Å². The van der Waals surface area contributed by atoms with E-state index >= 15 is 0 Å². The van der Waals surface area contributed by atoms with Gasteiger partial charge in [0, 0.05) is 12.0 Å². The third-order valence-corrected chi connectivity index (χ3v) is 3.07. The first-order valence-corrected chi connectivity index (χ1v) is 5.99. The highest BCUT2D eigenvalue weighted by molar-refractivity contribution is 5.96. The Morgan fingerprint density at radius 3 is 2.75 bits per heavy atom. The Labute approximate surface area is 96.6 Å². The molecule has 2 heteroatoms. The van der Waals surface area contributed by atoms with E-state index in [1.54, 1.807) is 0 Å². The summed E-state index contributed by atoms with van der Waals surface area (Å²) in [6, 6.07) is 9.47. The molecule has 2 unspecified atom stereocenters. The maximum Gasteiger partial charge on any atom is 0.165 e. The molecule has 1 aromatic rings. The van der Waals surface area contributed by atoms with Crippen LogP contribution in [0.4, 0.5) is 0 Å². The van der Waals surface area contributed by atoms with Gasteiger partial charge in [-0.05, 0) is 26.2 Å². The number of carbonyl (C=O) groups excluding carboxylic acids is 1. The molecule has 1 heterocycles. The highest BCUT2D eigenvalue weighted by atomic mass is 16.5. The summed E-state index contributed by atoms with van der Waals surface area (Å²) in [5.74, 6) is 0.194. The number of ketones is 1. The van der Waals surface area contributed by atoms with Crippen molar-refractivity contribution < 1.29 is 9.53 Å². The lowest BCUT2D eigenvalue weighted by molar-refractivity contribution is -0.0393. The summed E-state index contributed by atoms with van der Waals surface area (Å²) < 4.78 is 5.76. The molecule has 86 valence electrons. The van der Waals surface area contributed by atoms with Crippen LogP contribution >= 0.6 is 0 Å². The zero-order valence-corrected chi connectivity index (χ0v) is 9.69. The molecular formula is C14H18O2. The van der Waals surface area contributed by atoms with Gasteiger partial charge in [-0.15, -0.1) is 0 Å². The maximum atomic E-state index is 11.9. The average Bonchev–Trinajstić information content (AvgIpc) is 2.30. The Balaban J connectivity index is 1.92. The van der Waals surface area contributed by atoms with E-state index < -0.39 is 0 Å². The topological polar surface area (TPSA) is 26.3 Å². The normalized spacial score (nSPS) is 25.3. The first kappa shape index (κ1) is 11.3. The highest BCUT2D eigenvalue weighted by Gasteiger charge is 2.22. The molecule has 1 aliphatic rings. The third kappa shape index (κ3) is 2.92. The van der Waals surface area contributed by atoms with Gasteiger partial charge in [0.15, 0.2) is 5.78 Å². The lowest BCUT2D eigenvalue weighted by atomic mass is 9.98. The van der Waals surface area contributed by atoms with Crippen molar-refractivity contribution in [3.05, 3.63) is 35.9 Å². The molecule has 0 amide bonds. The summed E-state index contributed by atoms with van der Waals surface area (Å²) >= 11 is 0. The van der Waals surface area contributed by atoms with Crippen LogP contribution in [-0.2, 0) is 4.74 Å². The number of rotatable bonds is 3. The van der Waals surface area contributed by atoms with Gasteiger partial charge in [-0.3, -0.25) is 4.79 Å². The minimum atomic E-state index is 0.122. The van der Waals surface area contributed by atoms with Crippen LogP contribution in [-0.4, -0.2) is 18.0 Å². The van der Waals surface area contributed by atoms with E-state index in [1.807, 2.05) is 30.3 Å². The molecule has 1 aliphatic heterocycles. The number of hydrogen-bond acceptors (Lipinski definition) is 2. The maximum absolute atomic E-state index is 11.9. The van der Waals surface area contributed by atoms with Crippen LogP contribution in [0, 0.1) is 0 Å². The molecule has 1 saturated heterocycles. The molecule has 0 N–H and O–H groups in total. The molecule has 0 bridgehead atoms. The van der Waals surface area contributed by atoms with Crippen LogP contribution in [0.15, 0.2) is 30.3 Å². The summed E-state index contributed by atoms with van der Waals surface area (Å²) in [7, 11) is 0. The van der Waals surface area contributed by atoms with Crippen molar-refractivity contribution in [2.45, 2.75) is 44.8 Å². The zero-order chi connectivity index (χ0) is 11.4. The van der Waals surface area contributed by atoms with Crippen molar-refractivity contribution in [3.63, 3.8) is 0 Å². The summed E-state index contributed by atoms with van der Waals surface area (Å²) in [6.45, 7) is 2.08. The second-order valence-corrected chi connectivity index (χ2v) is 4.49. The largest absolute Gasteiger partial charge is 0.375 e. The second kappa shape index (κ2) is 5.26. The first-order chi connectivity index (χ1) is 7.75. The number of ether oxygens (including phenoxy) is 1. The molecule has 1 fully saturated rings. The second-order valence-electron chi connectivity index (χ2n) is 4.49. The van der Waals surface area contributed by atoms with E-state index in [0.29, 0.717) is 12.5 Å². The van der Waals surface area contributed by atoms with Crippen LogP contribution in [0.25, 0.3) is 0 Å². The fourth-order valence-electron chi connectivity index (χ4n) is 2.20. The molecule has 0 spiro atoms. The molecule has 16 heavy (non-hydrogen) atoms. The highest BCUT2D eigenvalue weighted by Crippen LogP contribution is 2.22. The minimum absolute atomic E-state index is 0.122. The van der Waals surface area contributed by atoms with Gasteiger partial charge in [0.2, 0.25) is 0 Å². The first-order valence-electron chi connectivity index (χ1n) is 5.99. The van der Waals surface area contributed by atoms with Crippen molar-refractivity contribution in [3.8, 4) is 0 Å². The van der Waals surface area contributed by atoms with Crippen LogP contribution in [0.3, 0.4) is 0 Å². The van der Waals surface area contributed by atoms with Gasteiger partial charge in [0.1, 0.15) is 0 Å². The lowest BCUT2D eigenvalue weighted by Crippen LogP contribution is -2.27. The predicted molar refractivity (Wildman–Crippen MR) is 63.6 cm³/mol. The summed E-state index contributed by atoms with van der Waals surface area (Å²) in [5.41, 5.74) is 0.796. The van der Waals surface area contributed by atoms with Crippen LogP contribution in [0.2, 0.25) is 0 Å². The van der Waals surface area contributed by atoms with E-state index in [0.717, 1.165) is 18.4 Å². The molecule has 0 aromatic heterocycles. The monoisotopic (exact) mass is 218 g/mol. The third-order valence-electron chi connectivity index (χ3n) is 3.07. The van der Waals surface area contributed by atoms with Gasteiger partial charge in [0.05, 0.1) is 12.2 Å². The number of benzene rings is 1. The summed E-state index contributed by atoms with van der Waals surface area (Å²) in [6.07, 6.45) is 4.26. The molecule has 0 saturated carbocycles. The van der Waals surface area contributed by atoms with Gasteiger partial charge in [-0.1, -0.05) is 30.3 Å². The van der Waals surface area contributed by atoms with Crippen molar-refractivity contribution in [2.24, 2.45) is 0 Å². The van der Waals surface area contributed by atoms with Crippen LogP contribution in [0.5, 0.6) is 0 Å². The Bertz CT molecular complexity index is 345. The van der Waals surface area contributed by atoms with E-state index in [1.165, 1.54) is 6.42 Å². The number of hydrogen-bond donors (Lipinski definition) is 0. The van der Waals surface area contributed by atoms with Crippen molar-refractivity contribution >= 4 is 5.78 Å². The molecule has 0 radical (unpaired) electrons.